The van der Waals surface area contributed by atoms with Crippen LogP contribution in [0.15, 0.2) is 18.2 Å². The first-order chi connectivity index (χ1) is 10.0. The van der Waals surface area contributed by atoms with Gasteiger partial charge in [0.2, 0.25) is 5.91 Å². The van der Waals surface area contributed by atoms with E-state index in [0.29, 0.717) is 17.2 Å². The summed E-state index contributed by atoms with van der Waals surface area (Å²) in [6, 6.07) is 5.21. The van der Waals surface area contributed by atoms with Crippen molar-refractivity contribution in [2.45, 2.75) is 32.7 Å². The molecule has 0 spiro atoms. The van der Waals surface area contributed by atoms with E-state index in [0.717, 1.165) is 24.9 Å². The summed E-state index contributed by atoms with van der Waals surface area (Å²) in [6.07, 6.45) is 1.95. The molecule has 21 heavy (non-hydrogen) atoms. The lowest BCUT2D eigenvalue weighted by Gasteiger charge is -2.27. The molecule has 1 saturated heterocycles. The maximum Gasteiger partial charge on any atom is 0.251 e. The fourth-order valence-corrected chi connectivity index (χ4v) is 2.68. The fraction of sp³-hybridized carbons (Fsp3) is 0.500. The summed E-state index contributed by atoms with van der Waals surface area (Å²) in [6.45, 7) is 4.88. The van der Waals surface area contributed by atoms with E-state index in [-0.39, 0.29) is 17.9 Å². The van der Waals surface area contributed by atoms with E-state index < -0.39 is 0 Å². The molecule has 3 N–H and O–H groups in total. The maximum atomic E-state index is 12.3. The molecule has 5 heteroatoms. The molecule has 2 atom stereocenters. The molecule has 2 rings (SSSR count). The average Bonchev–Trinajstić information content (AvgIpc) is 2.48. The number of piperidine rings is 1. The van der Waals surface area contributed by atoms with Gasteiger partial charge in [0, 0.05) is 18.3 Å². The van der Waals surface area contributed by atoms with Gasteiger partial charge in [-0.1, -0.05) is 13.0 Å². The number of hydrogen-bond acceptors (Lipinski definition) is 3. The Balaban J connectivity index is 2.12. The van der Waals surface area contributed by atoms with Gasteiger partial charge in [-0.3, -0.25) is 9.59 Å². The number of hydrogen-bond donors (Lipinski definition) is 3. The van der Waals surface area contributed by atoms with E-state index in [1.54, 1.807) is 19.2 Å². The summed E-state index contributed by atoms with van der Waals surface area (Å²) in [5, 5.41) is 8.79. The van der Waals surface area contributed by atoms with Gasteiger partial charge in [-0.25, -0.2) is 0 Å². The van der Waals surface area contributed by atoms with Crippen LogP contribution in [0.5, 0.6) is 0 Å². The first kappa shape index (κ1) is 15.5. The Morgan fingerprint density at radius 2 is 2.10 bits per heavy atom. The number of benzene rings is 1. The summed E-state index contributed by atoms with van der Waals surface area (Å²) < 4.78 is 0. The van der Waals surface area contributed by atoms with Crippen LogP contribution in [0.25, 0.3) is 0 Å². The highest BCUT2D eigenvalue weighted by atomic mass is 16.2. The predicted molar refractivity (Wildman–Crippen MR) is 83.4 cm³/mol. The van der Waals surface area contributed by atoms with E-state index in [9.17, 15) is 9.59 Å². The van der Waals surface area contributed by atoms with Crippen molar-refractivity contribution in [2.24, 2.45) is 5.92 Å². The predicted octanol–water partition coefficient (Wildman–Crippen LogP) is 1.68. The largest absolute Gasteiger partial charge is 0.355 e. The number of nitrogens with one attached hydrogen (secondary N) is 3. The zero-order valence-corrected chi connectivity index (χ0v) is 12.8. The molecule has 1 aliphatic rings. The molecule has 1 heterocycles. The fourth-order valence-electron chi connectivity index (χ4n) is 2.68. The molecule has 2 unspecified atom stereocenters. The van der Waals surface area contributed by atoms with Crippen LogP contribution in [0.1, 0.15) is 35.7 Å². The summed E-state index contributed by atoms with van der Waals surface area (Å²) in [5.41, 5.74) is 2.07. The van der Waals surface area contributed by atoms with Crippen molar-refractivity contribution in [3.63, 3.8) is 0 Å². The van der Waals surface area contributed by atoms with E-state index in [2.05, 4.69) is 22.9 Å². The Labute approximate surface area is 125 Å². The van der Waals surface area contributed by atoms with E-state index in [1.807, 2.05) is 13.0 Å². The molecule has 1 aliphatic heterocycles. The van der Waals surface area contributed by atoms with Crippen molar-refractivity contribution in [2.75, 3.05) is 18.9 Å². The van der Waals surface area contributed by atoms with Gasteiger partial charge in [-0.05, 0) is 49.9 Å². The Bertz CT molecular complexity index is 542. The van der Waals surface area contributed by atoms with Crippen LogP contribution in [-0.2, 0) is 4.79 Å². The standard InChI is InChI=1S/C16H23N3O2/c1-10-7-8-18-14(9-10)16(21)19-13-6-4-5-12(11(13)2)15(20)17-3/h4-6,10,14,18H,7-9H2,1-3H3,(H,17,20)(H,19,21). The van der Waals surface area contributed by atoms with Crippen LogP contribution in [0.2, 0.25) is 0 Å². The van der Waals surface area contributed by atoms with Gasteiger partial charge in [0.05, 0.1) is 6.04 Å². The molecule has 114 valence electrons. The topological polar surface area (TPSA) is 70.2 Å². The molecule has 0 bridgehead atoms. The number of carbonyl (C=O) groups is 2. The Morgan fingerprint density at radius 3 is 2.76 bits per heavy atom. The molecule has 0 aromatic heterocycles. The highest BCUT2D eigenvalue weighted by Gasteiger charge is 2.25. The minimum absolute atomic E-state index is 0.0290. The normalized spacial score (nSPS) is 21.7. The molecule has 2 amide bonds. The van der Waals surface area contributed by atoms with E-state index in [4.69, 9.17) is 0 Å². The molecular formula is C16H23N3O2. The average molecular weight is 289 g/mol. The maximum absolute atomic E-state index is 12.3. The van der Waals surface area contributed by atoms with Crippen molar-refractivity contribution in [3.05, 3.63) is 29.3 Å². The van der Waals surface area contributed by atoms with Crippen LogP contribution in [0.3, 0.4) is 0 Å². The number of amides is 2. The second-order valence-electron chi connectivity index (χ2n) is 5.68. The highest BCUT2D eigenvalue weighted by Crippen LogP contribution is 2.21. The SMILES string of the molecule is CNC(=O)c1cccc(NC(=O)C2CC(C)CCN2)c1C. The summed E-state index contributed by atoms with van der Waals surface area (Å²) in [7, 11) is 1.60. The first-order valence-corrected chi connectivity index (χ1v) is 7.39. The number of carbonyl (C=O) groups excluding carboxylic acids is 2. The van der Waals surface area contributed by atoms with Crippen LogP contribution in [-0.4, -0.2) is 31.4 Å². The monoisotopic (exact) mass is 289 g/mol. The van der Waals surface area contributed by atoms with Crippen molar-refractivity contribution >= 4 is 17.5 Å². The third-order valence-electron chi connectivity index (χ3n) is 4.05. The molecule has 1 fully saturated rings. The summed E-state index contributed by atoms with van der Waals surface area (Å²) in [4.78, 5) is 24.1. The lowest BCUT2D eigenvalue weighted by Crippen LogP contribution is -2.45. The smallest absolute Gasteiger partial charge is 0.251 e. The zero-order valence-electron chi connectivity index (χ0n) is 12.8. The second-order valence-corrected chi connectivity index (χ2v) is 5.68. The zero-order chi connectivity index (χ0) is 15.4. The minimum atomic E-state index is -0.156. The number of rotatable bonds is 3. The van der Waals surface area contributed by atoms with Gasteiger partial charge >= 0.3 is 0 Å². The van der Waals surface area contributed by atoms with Gasteiger partial charge < -0.3 is 16.0 Å². The summed E-state index contributed by atoms with van der Waals surface area (Å²) in [5.74, 6) is 0.381. The molecule has 5 nitrogen and oxygen atoms in total. The van der Waals surface area contributed by atoms with Crippen LogP contribution >= 0.6 is 0 Å². The van der Waals surface area contributed by atoms with Crippen molar-refractivity contribution in [3.8, 4) is 0 Å². The molecule has 1 aromatic carbocycles. The van der Waals surface area contributed by atoms with Gasteiger partial charge in [-0.15, -0.1) is 0 Å². The van der Waals surface area contributed by atoms with Crippen molar-refractivity contribution < 1.29 is 9.59 Å². The Hall–Kier alpha value is -1.88. The van der Waals surface area contributed by atoms with E-state index in [1.165, 1.54) is 0 Å². The lowest BCUT2D eigenvalue weighted by atomic mass is 9.94. The minimum Gasteiger partial charge on any atom is -0.355 e. The van der Waals surface area contributed by atoms with Gasteiger partial charge in [0.15, 0.2) is 0 Å². The quantitative estimate of drug-likeness (QED) is 0.793. The van der Waals surface area contributed by atoms with E-state index >= 15 is 0 Å². The highest BCUT2D eigenvalue weighted by molar-refractivity contribution is 6.00. The van der Waals surface area contributed by atoms with Crippen molar-refractivity contribution in [1.29, 1.82) is 0 Å². The first-order valence-electron chi connectivity index (χ1n) is 7.39. The third kappa shape index (κ3) is 3.61. The Kier molecular flexibility index (Phi) is 4.96. The van der Waals surface area contributed by atoms with Gasteiger partial charge in [0.1, 0.15) is 0 Å². The van der Waals surface area contributed by atoms with Crippen molar-refractivity contribution in [1.82, 2.24) is 10.6 Å². The Morgan fingerprint density at radius 1 is 1.33 bits per heavy atom. The van der Waals surface area contributed by atoms with Crippen LogP contribution < -0.4 is 16.0 Å². The molecule has 0 radical (unpaired) electrons. The third-order valence-corrected chi connectivity index (χ3v) is 4.05. The van der Waals surface area contributed by atoms with Crippen LogP contribution in [0, 0.1) is 12.8 Å². The summed E-state index contributed by atoms with van der Waals surface area (Å²) >= 11 is 0. The molecule has 0 saturated carbocycles. The lowest BCUT2D eigenvalue weighted by molar-refractivity contribution is -0.119. The van der Waals surface area contributed by atoms with Gasteiger partial charge in [-0.2, -0.15) is 0 Å². The molecular weight excluding hydrogens is 266 g/mol. The van der Waals surface area contributed by atoms with Crippen LogP contribution in [0.4, 0.5) is 5.69 Å². The molecule has 1 aromatic rings. The molecule has 0 aliphatic carbocycles. The second kappa shape index (κ2) is 6.72. The number of anilines is 1. The van der Waals surface area contributed by atoms with Gasteiger partial charge in [0.25, 0.3) is 5.91 Å².